The van der Waals surface area contributed by atoms with Crippen molar-refractivity contribution < 1.29 is 54.1 Å². The zero-order valence-electron chi connectivity index (χ0n) is 19.2. The molecule has 0 heterocycles. The van der Waals surface area contributed by atoms with Gasteiger partial charge in [-0.1, -0.05) is 0 Å². The fourth-order valence-corrected chi connectivity index (χ4v) is 2.90. The van der Waals surface area contributed by atoms with Crippen molar-refractivity contribution >= 4 is 21.4 Å². The number of nitrogens with one attached hydrogen (secondary N) is 1. The van der Waals surface area contributed by atoms with Crippen molar-refractivity contribution in [3.63, 3.8) is 0 Å². The van der Waals surface area contributed by atoms with E-state index in [9.17, 15) is 55.0 Å². The molecule has 212 valence electrons. The second kappa shape index (κ2) is 13.2. The minimum atomic E-state index is -4.75. The zero-order chi connectivity index (χ0) is 29.3. The van der Waals surface area contributed by atoms with E-state index in [1.165, 1.54) is 0 Å². The van der Waals surface area contributed by atoms with E-state index in [1.54, 1.807) is 0 Å². The van der Waals surface area contributed by atoms with Crippen LogP contribution in [0.25, 0.3) is 0 Å². The molecule has 0 amide bonds. The molecule has 0 aromatic heterocycles. The van der Waals surface area contributed by atoms with E-state index >= 15 is 0 Å². The highest BCUT2D eigenvalue weighted by Crippen LogP contribution is 2.35. The number of non-ortho nitro benzene ring substituents is 2. The van der Waals surface area contributed by atoms with Gasteiger partial charge in [0.05, 0.1) is 39.4 Å². The maximum absolute atomic E-state index is 12.6. The van der Waals surface area contributed by atoms with E-state index < -0.39 is 54.7 Å². The molecule has 0 unspecified atom stereocenters. The number of nitrogens with two attached hydrogens (primary N) is 1. The number of alkyl halides is 6. The Morgan fingerprint density at radius 3 is 1.53 bits per heavy atom. The van der Waals surface area contributed by atoms with E-state index in [-0.39, 0.29) is 37.8 Å². The SMILES string of the molecule is CS(=O)(=O)NCCOc1cc([N+](=O)[O-])cc(C(F)(F)F)c1.NCCOc1cc([N+](=O)[O-])cc(C(F)(F)F)c1. The average Bonchev–Trinajstić information content (AvgIpc) is 2.78. The lowest BCUT2D eigenvalue weighted by atomic mass is 10.2. The topological polar surface area (TPSA) is 177 Å². The summed E-state index contributed by atoms with van der Waals surface area (Å²) in [6, 6.07) is 3.90. The molecule has 12 nitrogen and oxygen atoms in total. The fraction of sp³-hybridized carbons (Fsp3) is 0.368. The number of hydrogen-bond acceptors (Lipinski definition) is 9. The Kier molecular flexibility index (Phi) is 11.2. The molecular formula is C19H20F6N4O8S. The summed E-state index contributed by atoms with van der Waals surface area (Å²) in [5, 5.41) is 21.0. The Morgan fingerprint density at radius 2 is 1.21 bits per heavy atom. The Balaban J connectivity index is 0.000000389. The third kappa shape index (κ3) is 11.6. The van der Waals surface area contributed by atoms with Crippen LogP contribution in [-0.2, 0) is 22.4 Å². The number of benzene rings is 2. The molecule has 0 fully saturated rings. The third-order valence-electron chi connectivity index (χ3n) is 3.98. The van der Waals surface area contributed by atoms with Crippen LogP contribution in [0.5, 0.6) is 11.5 Å². The average molecular weight is 578 g/mol. The molecule has 38 heavy (non-hydrogen) atoms. The molecule has 2 aromatic carbocycles. The smallest absolute Gasteiger partial charge is 0.416 e. The molecule has 3 N–H and O–H groups in total. The van der Waals surface area contributed by atoms with Crippen molar-refractivity contribution in [3.05, 3.63) is 67.8 Å². The monoisotopic (exact) mass is 578 g/mol. The van der Waals surface area contributed by atoms with Crippen molar-refractivity contribution in [3.8, 4) is 11.5 Å². The van der Waals surface area contributed by atoms with Gasteiger partial charge in [-0.05, 0) is 12.1 Å². The fourth-order valence-electron chi connectivity index (χ4n) is 2.44. The minimum absolute atomic E-state index is 0.0154. The summed E-state index contributed by atoms with van der Waals surface area (Å²) in [6.45, 7) is -0.364. The van der Waals surface area contributed by atoms with Crippen molar-refractivity contribution in [2.45, 2.75) is 12.4 Å². The largest absolute Gasteiger partial charge is 0.492 e. The van der Waals surface area contributed by atoms with Crippen LogP contribution in [0.2, 0.25) is 0 Å². The molecule has 2 aromatic rings. The maximum Gasteiger partial charge on any atom is 0.416 e. The number of rotatable bonds is 10. The molecule has 0 aliphatic rings. The summed E-state index contributed by atoms with van der Waals surface area (Å²) < 4.78 is 108. The molecule has 19 heteroatoms. The summed E-state index contributed by atoms with van der Waals surface area (Å²) in [5.41, 5.74) is 1.33. The Labute approximate surface area is 210 Å². The lowest BCUT2D eigenvalue weighted by molar-refractivity contribution is -0.385. The Morgan fingerprint density at radius 1 is 0.816 bits per heavy atom. The first kappa shape index (κ1) is 32.3. The van der Waals surface area contributed by atoms with Crippen LogP contribution in [0.1, 0.15) is 11.1 Å². The predicted molar refractivity (Wildman–Crippen MR) is 119 cm³/mol. The van der Waals surface area contributed by atoms with Crippen LogP contribution in [0.4, 0.5) is 37.7 Å². The second-order valence-electron chi connectivity index (χ2n) is 7.09. The molecular weight excluding hydrogens is 558 g/mol. The van der Waals surface area contributed by atoms with Crippen LogP contribution in [0, 0.1) is 20.2 Å². The molecule has 0 radical (unpaired) electrons. The van der Waals surface area contributed by atoms with Gasteiger partial charge in [0.25, 0.3) is 11.4 Å². The highest BCUT2D eigenvalue weighted by Gasteiger charge is 2.34. The highest BCUT2D eigenvalue weighted by atomic mass is 32.2. The summed E-state index contributed by atoms with van der Waals surface area (Å²) in [5.74, 6) is -0.594. The van der Waals surface area contributed by atoms with Gasteiger partial charge in [-0.15, -0.1) is 0 Å². The molecule has 0 atom stereocenters. The number of nitro benzene ring substituents is 2. The van der Waals surface area contributed by atoms with Gasteiger partial charge < -0.3 is 15.2 Å². The lowest BCUT2D eigenvalue weighted by Gasteiger charge is -2.10. The van der Waals surface area contributed by atoms with Crippen LogP contribution >= 0.6 is 0 Å². The van der Waals surface area contributed by atoms with Gasteiger partial charge in [-0.2, -0.15) is 26.3 Å². The van der Waals surface area contributed by atoms with Crippen LogP contribution < -0.4 is 19.9 Å². The van der Waals surface area contributed by atoms with E-state index in [0.717, 1.165) is 18.4 Å². The van der Waals surface area contributed by atoms with Crippen molar-refractivity contribution in [2.24, 2.45) is 5.73 Å². The van der Waals surface area contributed by atoms with Crippen LogP contribution in [0.3, 0.4) is 0 Å². The zero-order valence-corrected chi connectivity index (χ0v) is 20.0. The van der Waals surface area contributed by atoms with Gasteiger partial charge in [-0.25, -0.2) is 13.1 Å². The first-order chi connectivity index (χ1) is 17.3. The predicted octanol–water partition coefficient (Wildman–Crippen LogP) is 3.49. The second-order valence-corrected chi connectivity index (χ2v) is 8.93. The van der Waals surface area contributed by atoms with Gasteiger partial charge >= 0.3 is 12.4 Å². The number of nitrogens with zero attached hydrogens (tertiary/aromatic N) is 2. The molecule has 0 spiro atoms. The number of sulfonamides is 1. The third-order valence-corrected chi connectivity index (χ3v) is 4.71. The molecule has 0 bridgehead atoms. The van der Waals surface area contributed by atoms with Crippen molar-refractivity contribution in [1.82, 2.24) is 4.72 Å². The molecule has 0 aliphatic carbocycles. The molecule has 0 saturated carbocycles. The maximum atomic E-state index is 12.6. The number of ether oxygens (including phenoxy) is 2. The Bertz CT molecular complexity index is 1240. The molecule has 0 saturated heterocycles. The van der Waals surface area contributed by atoms with E-state index in [1.807, 2.05) is 0 Å². The number of halogens is 6. The normalized spacial score (nSPS) is 11.8. The van der Waals surface area contributed by atoms with Gasteiger partial charge in [-0.3, -0.25) is 20.2 Å². The van der Waals surface area contributed by atoms with Gasteiger partial charge in [0.1, 0.15) is 24.7 Å². The Hall–Kier alpha value is -3.71. The highest BCUT2D eigenvalue weighted by molar-refractivity contribution is 7.88. The van der Waals surface area contributed by atoms with Crippen LogP contribution in [0.15, 0.2) is 36.4 Å². The van der Waals surface area contributed by atoms with E-state index in [0.29, 0.717) is 24.3 Å². The van der Waals surface area contributed by atoms with Gasteiger partial charge in [0.15, 0.2) is 0 Å². The van der Waals surface area contributed by atoms with E-state index in [2.05, 4.69) is 4.72 Å². The summed E-state index contributed by atoms with van der Waals surface area (Å²) in [6.07, 6.45) is -8.51. The van der Waals surface area contributed by atoms with Gasteiger partial charge in [0.2, 0.25) is 10.0 Å². The molecule has 2 rings (SSSR count). The first-order valence-electron chi connectivity index (χ1n) is 9.97. The van der Waals surface area contributed by atoms with Gasteiger partial charge in [0, 0.05) is 25.2 Å². The lowest BCUT2D eigenvalue weighted by Crippen LogP contribution is -2.26. The number of hydrogen-bond donors (Lipinski definition) is 2. The van der Waals surface area contributed by atoms with Crippen LogP contribution in [-0.4, -0.2) is 50.8 Å². The summed E-state index contributed by atoms with van der Waals surface area (Å²) in [4.78, 5) is 19.2. The van der Waals surface area contributed by atoms with E-state index in [4.69, 9.17) is 15.2 Å². The summed E-state index contributed by atoms with van der Waals surface area (Å²) in [7, 11) is -3.45. The number of nitro groups is 2. The summed E-state index contributed by atoms with van der Waals surface area (Å²) >= 11 is 0. The first-order valence-corrected chi connectivity index (χ1v) is 11.9. The quantitative estimate of drug-likeness (QED) is 0.185. The molecule has 0 aliphatic heterocycles. The van der Waals surface area contributed by atoms with Crippen molar-refractivity contribution in [1.29, 1.82) is 0 Å². The van der Waals surface area contributed by atoms with Crippen molar-refractivity contribution in [2.75, 3.05) is 32.6 Å². The standard InChI is InChI=1S/C10H11F3N2O5S.C9H9F3N2O3/c1-21(18,19)14-2-3-20-9-5-7(10(11,12)13)4-8(6-9)15(16)17;10-9(11,12)6-3-7(14(15)16)5-8(4-6)17-2-1-13/h4-6,14H,2-3H2,1H3;3-5H,1-2,13H2. The minimum Gasteiger partial charge on any atom is -0.492 e.